The molecule has 0 bridgehead atoms. The highest BCUT2D eigenvalue weighted by molar-refractivity contribution is 9.10. The van der Waals surface area contributed by atoms with Gasteiger partial charge in [0.15, 0.2) is 6.79 Å². The second-order valence-electron chi connectivity index (χ2n) is 4.82. The lowest BCUT2D eigenvalue weighted by Crippen LogP contribution is -1.98. The minimum absolute atomic E-state index is 0.132. The highest BCUT2D eigenvalue weighted by Crippen LogP contribution is 2.34. The molecule has 2 aromatic carbocycles. The fourth-order valence-corrected chi connectivity index (χ4v) is 3.10. The Labute approximate surface area is 140 Å². The normalized spacial score (nSPS) is 10.7. The maximum atomic E-state index is 13.2. The molecule has 0 spiro atoms. The highest BCUT2D eigenvalue weighted by atomic mass is 79.9. The van der Waals surface area contributed by atoms with E-state index in [4.69, 9.17) is 9.47 Å². The molecule has 3 rings (SSSR count). The lowest BCUT2D eigenvalue weighted by molar-refractivity contribution is 0.0512. The van der Waals surface area contributed by atoms with Gasteiger partial charge >= 0.3 is 0 Å². The molecule has 3 aromatic rings. The number of benzene rings is 2. The summed E-state index contributed by atoms with van der Waals surface area (Å²) >= 11 is 3.47. The number of hydrogen-bond donors (Lipinski definition) is 0. The molecule has 116 valence electrons. The molecule has 0 saturated heterocycles. The molecule has 1 aromatic heterocycles. The van der Waals surface area contributed by atoms with E-state index in [1.165, 1.54) is 12.1 Å². The second kappa shape index (κ2) is 6.41. The molecule has 0 atom stereocenters. The molecule has 0 saturated carbocycles. The summed E-state index contributed by atoms with van der Waals surface area (Å²) in [6, 6.07) is 13.7. The lowest BCUT2D eigenvalue weighted by Gasteiger charge is -2.08. The summed E-state index contributed by atoms with van der Waals surface area (Å²) in [7, 11) is 1.54. The van der Waals surface area contributed by atoms with Crippen LogP contribution in [-0.4, -0.2) is 18.5 Å². The van der Waals surface area contributed by atoms with Gasteiger partial charge < -0.3 is 14.0 Å². The van der Waals surface area contributed by atoms with Crippen molar-refractivity contribution < 1.29 is 13.9 Å². The molecular weight excluding hydrogens is 363 g/mol. The molecule has 0 unspecified atom stereocenters. The molecule has 0 aliphatic rings. The quantitative estimate of drug-likeness (QED) is 0.636. The van der Waals surface area contributed by atoms with E-state index in [1.807, 2.05) is 10.6 Å². The summed E-state index contributed by atoms with van der Waals surface area (Å²) in [6.45, 7) is 0.132. The van der Waals surface area contributed by atoms with E-state index in [-0.39, 0.29) is 12.6 Å². The Balaban J connectivity index is 2.21. The van der Waals surface area contributed by atoms with E-state index >= 15 is 0 Å². The molecule has 0 fully saturated rings. The fourth-order valence-electron chi connectivity index (χ4n) is 2.40. The van der Waals surface area contributed by atoms with Gasteiger partial charge in [-0.2, -0.15) is 5.26 Å². The molecular formula is C17H12BrFN2O2. The van der Waals surface area contributed by atoms with Gasteiger partial charge in [-0.25, -0.2) is 4.39 Å². The number of aromatic nitrogens is 1. The number of ether oxygens (including phenoxy) is 2. The van der Waals surface area contributed by atoms with Crippen LogP contribution >= 0.6 is 15.9 Å². The topological polar surface area (TPSA) is 47.2 Å². The van der Waals surface area contributed by atoms with Crippen molar-refractivity contribution in [2.75, 3.05) is 13.9 Å². The van der Waals surface area contributed by atoms with E-state index in [2.05, 4.69) is 22.0 Å². The number of halogens is 2. The van der Waals surface area contributed by atoms with Gasteiger partial charge in [-0.15, -0.1) is 0 Å². The summed E-state index contributed by atoms with van der Waals surface area (Å²) < 4.78 is 25.9. The lowest BCUT2D eigenvalue weighted by atomic mass is 10.2. The van der Waals surface area contributed by atoms with Gasteiger partial charge in [0.2, 0.25) is 0 Å². The molecule has 0 radical (unpaired) electrons. The zero-order valence-corrected chi connectivity index (χ0v) is 13.8. The average Bonchev–Trinajstić information content (AvgIpc) is 2.84. The standard InChI is InChI=1S/C17H12BrFN2O2/c1-22-10-23-13-6-7-16-14(8-13)15(9-20)17(18)21(16)12-4-2-11(19)3-5-12/h2-8H,10H2,1H3. The van der Waals surface area contributed by atoms with E-state index in [9.17, 15) is 9.65 Å². The minimum Gasteiger partial charge on any atom is -0.468 e. The van der Waals surface area contributed by atoms with Crippen LogP contribution in [0.3, 0.4) is 0 Å². The zero-order valence-electron chi connectivity index (χ0n) is 12.2. The summed E-state index contributed by atoms with van der Waals surface area (Å²) in [4.78, 5) is 0. The Kier molecular flexibility index (Phi) is 4.33. The largest absolute Gasteiger partial charge is 0.468 e. The minimum atomic E-state index is -0.308. The van der Waals surface area contributed by atoms with Gasteiger partial charge in [-0.1, -0.05) is 0 Å². The smallest absolute Gasteiger partial charge is 0.188 e. The van der Waals surface area contributed by atoms with Crippen molar-refractivity contribution in [1.29, 1.82) is 5.26 Å². The summed E-state index contributed by atoms with van der Waals surface area (Å²) in [5.41, 5.74) is 2.08. The van der Waals surface area contributed by atoms with Crippen molar-refractivity contribution in [3.63, 3.8) is 0 Å². The van der Waals surface area contributed by atoms with Crippen LogP contribution in [-0.2, 0) is 4.74 Å². The molecule has 0 N–H and O–H groups in total. The van der Waals surface area contributed by atoms with Gasteiger partial charge in [-0.3, -0.25) is 0 Å². The summed E-state index contributed by atoms with van der Waals surface area (Å²) in [5, 5.41) is 10.2. The van der Waals surface area contributed by atoms with Crippen molar-refractivity contribution in [2.45, 2.75) is 0 Å². The van der Waals surface area contributed by atoms with Crippen LogP contribution < -0.4 is 4.74 Å². The van der Waals surface area contributed by atoms with Crippen LogP contribution in [0.15, 0.2) is 47.1 Å². The van der Waals surface area contributed by atoms with Crippen molar-refractivity contribution in [3.8, 4) is 17.5 Å². The Morgan fingerprint density at radius 2 is 1.96 bits per heavy atom. The van der Waals surface area contributed by atoms with Crippen LogP contribution in [0.4, 0.5) is 4.39 Å². The Bertz CT molecular complexity index is 898. The van der Waals surface area contributed by atoms with Crippen LogP contribution in [0.1, 0.15) is 5.56 Å². The SMILES string of the molecule is COCOc1ccc2c(c1)c(C#N)c(Br)n2-c1ccc(F)cc1. The Morgan fingerprint density at radius 3 is 2.61 bits per heavy atom. The van der Waals surface area contributed by atoms with Crippen molar-refractivity contribution in [3.05, 3.63) is 58.4 Å². The first-order chi connectivity index (χ1) is 11.2. The Hall–Kier alpha value is -2.36. The van der Waals surface area contributed by atoms with E-state index in [1.54, 1.807) is 31.4 Å². The molecule has 6 heteroatoms. The third-order valence-electron chi connectivity index (χ3n) is 3.42. The van der Waals surface area contributed by atoms with Gasteiger partial charge in [0.25, 0.3) is 0 Å². The summed E-state index contributed by atoms with van der Waals surface area (Å²) in [6.07, 6.45) is 0. The van der Waals surface area contributed by atoms with Crippen LogP contribution in [0.5, 0.6) is 5.75 Å². The number of nitrogens with zero attached hydrogens (tertiary/aromatic N) is 2. The highest BCUT2D eigenvalue weighted by Gasteiger charge is 2.17. The maximum Gasteiger partial charge on any atom is 0.188 e. The van der Waals surface area contributed by atoms with Crippen molar-refractivity contribution in [1.82, 2.24) is 4.57 Å². The Morgan fingerprint density at radius 1 is 1.22 bits per heavy atom. The predicted molar refractivity (Wildman–Crippen MR) is 88.2 cm³/mol. The number of hydrogen-bond acceptors (Lipinski definition) is 3. The number of nitriles is 1. The van der Waals surface area contributed by atoms with Gasteiger partial charge in [0.05, 0.1) is 11.1 Å². The van der Waals surface area contributed by atoms with Crippen molar-refractivity contribution >= 4 is 26.8 Å². The number of fused-ring (bicyclic) bond motifs is 1. The van der Waals surface area contributed by atoms with E-state index < -0.39 is 0 Å². The monoisotopic (exact) mass is 374 g/mol. The van der Waals surface area contributed by atoms with Gasteiger partial charge in [0, 0.05) is 18.2 Å². The number of rotatable bonds is 4. The predicted octanol–water partition coefficient (Wildman–Crippen LogP) is 4.39. The zero-order chi connectivity index (χ0) is 16.4. The van der Waals surface area contributed by atoms with Gasteiger partial charge in [-0.05, 0) is 58.4 Å². The molecule has 0 aliphatic carbocycles. The molecule has 0 aliphatic heterocycles. The molecule has 4 nitrogen and oxygen atoms in total. The third-order valence-corrected chi connectivity index (χ3v) is 4.17. The van der Waals surface area contributed by atoms with E-state index in [0.29, 0.717) is 15.9 Å². The number of methoxy groups -OCH3 is 1. The first kappa shape index (κ1) is 15.5. The first-order valence-electron chi connectivity index (χ1n) is 6.77. The maximum absolute atomic E-state index is 13.2. The van der Waals surface area contributed by atoms with Gasteiger partial charge in [0.1, 0.15) is 22.2 Å². The molecule has 0 amide bonds. The summed E-state index contributed by atoms with van der Waals surface area (Å²) in [5.74, 6) is 0.302. The third kappa shape index (κ3) is 2.81. The average molecular weight is 375 g/mol. The van der Waals surface area contributed by atoms with Crippen LogP contribution in [0.25, 0.3) is 16.6 Å². The van der Waals surface area contributed by atoms with Crippen LogP contribution in [0.2, 0.25) is 0 Å². The fraction of sp³-hybridized carbons (Fsp3) is 0.118. The molecule has 23 heavy (non-hydrogen) atoms. The first-order valence-corrected chi connectivity index (χ1v) is 7.56. The molecule has 1 heterocycles. The second-order valence-corrected chi connectivity index (χ2v) is 5.57. The van der Waals surface area contributed by atoms with E-state index in [0.717, 1.165) is 16.6 Å². The van der Waals surface area contributed by atoms with Crippen molar-refractivity contribution in [2.24, 2.45) is 0 Å². The van der Waals surface area contributed by atoms with Crippen LogP contribution in [0, 0.1) is 17.1 Å².